The Kier molecular flexibility index (Phi) is 5.46. The number of halogens is 1. The van der Waals surface area contributed by atoms with Gasteiger partial charge in [-0.15, -0.1) is 10.2 Å². The number of aryl methyl sites for hydroxylation is 1. The van der Waals surface area contributed by atoms with Gasteiger partial charge in [0.2, 0.25) is 5.89 Å². The second-order valence-corrected chi connectivity index (χ2v) is 5.76. The topological polar surface area (TPSA) is 51.0 Å². The highest BCUT2D eigenvalue weighted by Crippen LogP contribution is 2.26. The van der Waals surface area contributed by atoms with Gasteiger partial charge in [0, 0.05) is 5.75 Å². The Morgan fingerprint density at radius 3 is 3.05 bits per heavy atom. The maximum absolute atomic E-state index is 5.70. The van der Waals surface area contributed by atoms with Gasteiger partial charge in [0.05, 0.1) is 6.04 Å². The maximum atomic E-state index is 5.70. The lowest BCUT2D eigenvalue weighted by atomic mass is 10.2. The van der Waals surface area contributed by atoms with Crippen LogP contribution in [0.3, 0.4) is 0 Å². The normalized spacial score (nSPS) is 17.9. The van der Waals surface area contributed by atoms with E-state index in [0.717, 1.165) is 24.6 Å². The molecule has 0 unspecified atom stereocenters. The summed E-state index contributed by atoms with van der Waals surface area (Å²) in [6, 6.07) is 8.73. The second kappa shape index (κ2) is 7.11. The fourth-order valence-electron chi connectivity index (χ4n) is 2.26. The first-order valence-corrected chi connectivity index (χ1v) is 7.55. The Hall–Kier alpha value is -1.04. The standard InChI is InChI=1S/C14H17N3OS.ClH/c1-10-4-2-5-11(8-10)9-19-14-17-16-13(18-14)12-6-3-7-15-12;/h2,4-5,8,12,15H,3,6-7,9H2,1H3;1H/p-1/t12-;/m0./s1. The van der Waals surface area contributed by atoms with E-state index in [4.69, 9.17) is 4.42 Å². The minimum Gasteiger partial charge on any atom is -1.00 e. The molecule has 1 aromatic carbocycles. The van der Waals surface area contributed by atoms with Crippen molar-refractivity contribution in [3.8, 4) is 0 Å². The quantitative estimate of drug-likeness (QED) is 0.812. The summed E-state index contributed by atoms with van der Waals surface area (Å²) in [4.78, 5) is 0. The molecule has 3 rings (SSSR count). The number of aromatic nitrogens is 2. The zero-order valence-corrected chi connectivity index (χ0v) is 12.9. The molecule has 1 atom stereocenters. The van der Waals surface area contributed by atoms with Gasteiger partial charge in [0.15, 0.2) is 0 Å². The number of nitrogens with zero attached hydrogens (tertiary/aromatic N) is 2. The molecule has 0 aliphatic carbocycles. The van der Waals surface area contributed by atoms with Gasteiger partial charge in [-0.2, -0.15) is 0 Å². The van der Waals surface area contributed by atoms with Gasteiger partial charge in [-0.05, 0) is 31.9 Å². The molecular formula is C14H17ClN3OS-. The van der Waals surface area contributed by atoms with Crippen LogP contribution >= 0.6 is 11.8 Å². The van der Waals surface area contributed by atoms with Gasteiger partial charge in [-0.1, -0.05) is 41.6 Å². The minimum absolute atomic E-state index is 0. The monoisotopic (exact) mass is 310 g/mol. The molecule has 1 N–H and O–H groups in total. The highest BCUT2D eigenvalue weighted by atomic mass is 35.5. The Morgan fingerprint density at radius 2 is 2.30 bits per heavy atom. The summed E-state index contributed by atoms with van der Waals surface area (Å²) in [6.45, 7) is 3.14. The number of thioether (sulfide) groups is 1. The lowest BCUT2D eigenvalue weighted by Gasteiger charge is -2.02. The molecule has 1 fully saturated rings. The SMILES string of the molecule is Cc1cccc(CSc2nnc([C@@H]3CCCN3)o2)c1.[Cl-]. The van der Waals surface area contributed by atoms with Crippen LogP contribution in [0.15, 0.2) is 33.9 Å². The second-order valence-electron chi connectivity index (χ2n) is 4.83. The molecule has 1 aliphatic heterocycles. The third-order valence-electron chi connectivity index (χ3n) is 3.23. The first-order chi connectivity index (χ1) is 9.31. The number of hydrogen-bond acceptors (Lipinski definition) is 5. The Labute approximate surface area is 129 Å². The predicted octanol–water partition coefficient (Wildman–Crippen LogP) is 0.0988. The van der Waals surface area contributed by atoms with E-state index in [1.807, 2.05) is 0 Å². The lowest BCUT2D eigenvalue weighted by Crippen LogP contribution is -3.00. The molecule has 108 valence electrons. The van der Waals surface area contributed by atoms with Gasteiger partial charge < -0.3 is 22.1 Å². The van der Waals surface area contributed by atoms with E-state index in [1.54, 1.807) is 11.8 Å². The van der Waals surface area contributed by atoms with Crippen molar-refractivity contribution < 1.29 is 16.8 Å². The van der Waals surface area contributed by atoms with Crippen molar-refractivity contribution in [3.05, 3.63) is 41.3 Å². The molecule has 0 amide bonds. The van der Waals surface area contributed by atoms with Crippen LogP contribution in [0.5, 0.6) is 0 Å². The average molecular weight is 311 g/mol. The zero-order valence-electron chi connectivity index (χ0n) is 11.3. The average Bonchev–Trinajstić information content (AvgIpc) is 3.07. The Bertz CT molecular complexity index is 555. The Balaban J connectivity index is 0.00000147. The number of rotatable bonds is 4. The molecule has 1 saturated heterocycles. The minimum atomic E-state index is 0. The van der Waals surface area contributed by atoms with Crippen LogP contribution in [-0.2, 0) is 5.75 Å². The van der Waals surface area contributed by atoms with E-state index in [2.05, 4.69) is 46.7 Å². The number of benzene rings is 1. The van der Waals surface area contributed by atoms with Crippen molar-refractivity contribution in [1.82, 2.24) is 15.5 Å². The van der Waals surface area contributed by atoms with Gasteiger partial charge in [0.1, 0.15) is 0 Å². The van der Waals surface area contributed by atoms with E-state index in [-0.39, 0.29) is 18.4 Å². The highest BCUT2D eigenvalue weighted by molar-refractivity contribution is 7.98. The van der Waals surface area contributed by atoms with Crippen LogP contribution in [0.2, 0.25) is 0 Å². The third-order valence-corrected chi connectivity index (χ3v) is 4.11. The van der Waals surface area contributed by atoms with Crippen molar-refractivity contribution in [3.63, 3.8) is 0 Å². The summed E-state index contributed by atoms with van der Waals surface area (Å²) in [5, 5.41) is 12.3. The van der Waals surface area contributed by atoms with E-state index >= 15 is 0 Å². The van der Waals surface area contributed by atoms with Crippen LogP contribution in [-0.4, -0.2) is 16.7 Å². The summed E-state index contributed by atoms with van der Waals surface area (Å²) >= 11 is 1.59. The molecule has 0 bridgehead atoms. The van der Waals surface area contributed by atoms with E-state index < -0.39 is 0 Å². The van der Waals surface area contributed by atoms with Gasteiger partial charge in [0.25, 0.3) is 5.22 Å². The Morgan fingerprint density at radius 1 is 1.40 bits per heavy atom. The first kappa shape index (κ1) is 15.4. The molecule has 20 heavy (non-hydrogen) atoms. The van der Waals surface area contributed by atoms with Crippen LogP contribution in [0.25, 0.3) is 0 Å². The molecule has 2 heterocycles. The first-order valence-electron chi connectivity index (χ1n) is 6.56. The molecule has 2 aromatic rings. The summed E-state index contributed by atoms with van der Waals surface area (Å²) < 4.78 is 5.70. The largest absolute Gasteiger partial charge is 1.00 e. The van der Waals surface area contributed by atoms with Crippen molar-refractivity contribution in [2.75, 3.05) is 6.54 Å². The van der Waals surface area contributed by atoms with Crippen molar-refractivity contribution in [1.29, 1.82) is 0 Å². The van der Waals surface area contributed by atoms with E-state index in [1.165, 1.54) is 17.5 Å². The lowest BCUT2D eigenvalue weighted by molar-refractivity contribution is -0.00000459. The number of hydrogen-bond donors (Lipinski definition) is 1. The third kappa shape index (κ3) is 3.75. The summed E-state index contributed by atoms with van der Waals surface area (Å²) in [5.41, 5.74) is 2.56. The predicted molar refractivity (Wildman–Crippen MR) is 75.0 cm³/mol. The van der Waals surface area contributed by atoms with Crippen LogP contribution in [0, 0.1) is 6.92 Å². The maximum Gasteiger partial charge on any atom is 0.276 e. The summed E-state index contributed by atoms with van der Waals surface area (Å²) in [6.07, 6.45) is 2.27. The molecule has 0 saturated carbocycles. The van der Waals surface area contributed by atoms with Gasteiger partial charge in [-0.25, -0.2) is 0 Å². The van der Waals surface area contributed by atoms with Crippen LogP contribution in [0.4, 0.5) is 0 Å². The van der Waals surface area contributed by atoms with Crippen LogP contribution in [0.1, 0.15) is 35.9 Å². The van der Waals surface area contributed by atoms with Crippen LogP contribution < -0.4 is 17.7 Å². The van der Waals surface area contributed by atoms with E-state index in [0.29, 0.717) is 5.22 Å². The molecule has 0 spiro atoms. The zero-order chi connectivity index (χ0) is 13.1. The highest BCUT2D eigenvalue weighted by Gasteiger charge is 2.22. The smallest absolute Gasteiger partial charge is 0.276 e. The van der Waals surface area contributed by atoms with Crippen molar-refractivity contribution in [2.45, 2.75) is 36.8 Å². The van der Waals surface area contributed by atoms with Gasteiger partial charge >= 0.3 is 0 Å². The van der Waals surface area contributed by atoms with Crippen molar-refractivity contribution in [2.24, 2.45) is 0 Å². The number of nitrogens with one attached hydrogen (secondary N) is 1. The molecule has 1 aromatic heterocycles. The fourth-order valence-corrected chi connectivity index (χ4v) is 2.97. The van der Waals surface area contributed by atoms with Gasteiger partial charge in [-0.3, -0.25) is 0 Å². The van der Waals surface area contributed by atoms with Crippen molar-refractivity contribution >= 4 is 11.8 Å². The fraction of sp³-hybridized carbons (Fsp3) is 0.429. The molecule has 6 heteroatoms. The molecular weight excluding hydrogens is 294 g/mol. The summed E-state index contributed by atoms with van der Waals surface area (Å²) in [5.74, 6) is 1.59. The molecule has 0 radical (unpaired) electrons. The van der Waals surface area contributed by atoms with E-state index in [9.17, 15) is 0 Å². The molecule has 1 aliphatic rings. The molecule has 4 nitrogen and oxygen atoms in total. The summed E-state index contributed by atoms with van der Waals surface area (Å²) in [7, 11) is 0.